The van der Waals surface area contributed by atoms with Crippen molar-refractivity contribution in [1.82, 2.24) is 20.3 Å². The Hall–Kier alpha value is -2.61. The molecule has 0 aliphatic heterocycles. The summed E-state index contributed by atoms with van der Waals surface area (Å²) in [5.74, 6) is 2.32. The maximum Gasteiger partial charge on any atom is 0.255 e. The Labute approximate surface area is 104 Å². The maximum absolute atomic E-state index is 12.2. The normalized spacial score (nSPS) is 9.94. The minimum absolute atomic E-state index is 0.141. The average molecular weight is 240 g/mol. The van der Waals surface area contributed by atoms with Gasteiger partial charge in [-0.15, -0.1) is 13.0 Å². The Kier molecular flexibility index (Phi) is 3.39. The van der Waals surface area contributed by atoms with Crippen LogP contribution in [0.1, 0.15) is 10.4 Å². The van der Waals surface area contributed by atoms with E-state index in [0.717, 1.165) is 5.52 Å². The summed E-state index contributed by atoms with van der Waals surface area (Å²) in [7, 11) is 0. The lowest BCUT2D eigenvalue weighted by molar-refractivity contribution is 0.0793. The van der Waals surface area contributed by atoms with Gasteiger partial charge >= 0.3 is 0 Å². The summed E-state index contributed by atoms with van der Waals surface area (Å²) < 4.78 is 0. The van der Waals surface area contributed by atoms with Gasteiger partial charge in [-0.05, 0) is 18.2 Å². The van der Waals surface area contributed by atoms with E-state index in [1.807, 2.05) is 0 Å². The van der Waals surface area contributed by atoms with Gasteiger partial charge in [-0.25, -0.2) is 0 Å². The average Bonchev–Trinajstić information content (AvgIpc) is 2.84. The van der Waals surface area contributed by atoms with Gasteiger partial charge in [0, 0.05) is 12.1 Å². The van der Waals surface area contributed by atoms with Crippen LogP contribution in [0.25, 0.3) is 11.0 Å². The molecule has 1 heterocycles. The quantitative estimate of drug-likeness (QED) is 0.645. The molecule has 1 N–H and O–H groups in total. The second kappa shape index (κ2) is 5.15. The Balaban J connectivity index is 2.30. The van der Waals surface area contributed by atoms with E-state index in [9.17, 15) is 4.79 Å². The van der Waals surface area contributed by atoms with Crippen LogP contribution >= 0.6 is 0 Å². The molecule has 90 valence electrons. The zero-order chi connectivity index (χ0) is 13.0. The molecule has 0 aliphatic rings. The SMILES string of the molecule is C#CCN(CC=C)C(=O)c1ccc2n[nH]nc2c1. The highest BCUT2D eigenvalue weighted by Crippen LogP contribution is 2.12. The summed E-state index contributed by atoms with van der Waals surface area (Å²) in [5.41, 5.74) is 1.91. The molecule has 1 aromatic heterocycles. The molecule has 0 unspecified atom stereocenters. The molecule has 0 aliphatic carbocycles. The van der Waals surface area contributed by atoms with Crippen LogP contribution in [0.15, 0.2) is 30.9 Å². The van der Waals surface area contributed by atoms with E-state index < -0.39 is 0 Å². The summed E-state index contributed by atoms with van der Waals surface area (Å²) in [6.07, 6.45) is 6.89. The molecule has 2 rings (SSSR count). The van der Waals surface area contributed by atoms with Crippen molar-refractivity contribution < 1.29 is 4.79 Å². The summed E-state index contributed by atoms with van der Waals surface area (Å²) >= 11 is 0. The number of hydrogen-bond acceptors (Lipinski definition) is 3. The third-order valence-corrected chi connectivity index (χ3v) is 2.48. The van der Waals surface area contributed by atoms with Crippen molar-refractivity contribution in [3.8, 4) is 12.3 Å². The number of hydrogen-bond donors (Lipinski definition) is 1. The second-order valence-electron chi connectivity index (χ2n) is 3.71. The van der Waals surface area contributed by atoms with Crippen LogP contribution in [0.4, 0.5) is 0 Å². The highest BCUT2D eigenvalue weighted by molar-refractivity contribution is 5.97. The number of aromatic nitrogens is 3. The Morgan fingerprint density at radius 2 is 2.28 bits per heavy atom. The van der Waals surface area contributed by atoms with Gasteiger partial charge in [0.25, 0.3) is 5.91 Å². The van der Waals surface area contributed by atoms with Gasteiger partial charge < -0.3 is 4.90 Å². The Morgan fingerprint density at radius 3 is 3.00 bits per heavy atom. The highest BCUT2D eigenvalue weighted by Gasteiger charge is 2.14. The van der Waals surface area contributed by atoms with Crippen molar-refractivity contribution in [2.24, 2.45) is 0 Å². The van der Waals surface area contributed by atoms with Gasteiger partial charge in [0.2, 0.25) is 0 Å². The minimum atomic E-state index is -0.141. The molecule has 0 fully saturated rings. The van der Waals surface area contributed by atoms with E-state index in [1.54, 1.807) is 24.3 Å². The smallest absolute Gasteiger partial charge is 0.255 e. The summed E-state index contributed by atoms with van der Waals surface area (Å²) in [4.78, 5) is 13.8. The van der Waals surface area contributed by atoms with Crippen LogP contribution in [-0.4, -0.2) is 39.3 Å². The summed E-state index contributed by atoms with van der Waals surface area (Å²) in [6.45, 7) is 4.28. The highest BCUT2D eigenvalue weighted by atomic mass is 16.2. The molecule has 1 amide bonds. The van der Waals surface area contributed by atoms with Crippen LogP contribution in [0.2, 0.25) is 0 Å². The number of H-pyrrole nitrogens is 1. The molecule has 0 spiro atoms. The minimum Gasteiger partial charge on any atom is -0.324 e. The lowest BCUT2D eigenvalue weighted by Gasteiger charge is -2.18. The number of terminal acetylenes is 1. The van der Waals surface area contributed by atoms with Crippen LogP contribution in [0.3, 0.4) is 0 Å². The first-order valence-corrected chi connectivity index (χ1v) is 5.40. The van der Waals surface area contributed by atoms with E-state index in [-0.39, 0.29) is 12.5 Å². The van der Waals surface area contributed by atoms with Crippen molar-refractivity contribution in [3.05, 3.63) is 36.4 Å². The number of amides is 1. The van der Waals surface area contributed by atoms with Gasteiger partial charge in [0.05, 0.1) is 6.54 Å². The Bertz CT molecular complexity index is 623. The zero-order valence-corrected chi connectivity index (χ0v) is 9.76. The number of nitrogens with zero attached hydrogens (tertiary/aromatic N) is 3. The predicted octanol–water partition coefficient (Wildman–Crippen LogP) is 1.22. The third kappa shape index (κ3) is 2.23. The largest absolute Gasteiger partial charge is 0.324 e. The van der Waals surface area contributed by atoms with Gasteiger partial charge in [-0.3, -0.25) is 4.79 Å². The molecule has 18 heavy (non-hydrogen) atoms. The van der Waals surface area contributed by atoms with Crippen molar-refractivity contribution in [2.45, 2.75) is 0 Å². The molecule has 0 atom stereocenters. The molecule has 0 radical (unpaired) electrons. The van der Waals surface area contributed by atoms with E-state index in [0.29, 0.717) is 17.6 Å². The molecule has 0 bridgehead atoms. The second-order valence-corrected chi connectivity index (χ2v) is 3.71. The fourth-order valence-corrected chi connectivity index (χ4v) is 1.64. The van der Waals surface area contributed by atoms with E-state index in [2.05, 4.69) is 27.9 Å². The molecular formula is C13H12N4O. The van der Waals surface area contributed by atoms with Crippen molar-refractivity contribution in [2.75, 3.05) is 13.1 Å². The van der Waals surface area contributed by atoms with Crippen molar-refractivity contribution in [3.63, 3.8) is 0 Å². The van der Waals surface area contributed by atoms with Crippen LogP contribution in [0.5, 0.6) is 0 Å². The first kappa shape index (κ1) is 11.9. The maximum atomic E-state index is 12.2. The predicted molar refractivity (Wildman–Crippen MR) is 68.8 cm³/mol. The lowest BCUT2D eigenvalue weighted by atomic mass is 10.1. The number of carbonyl (C=O) groups excluding carboxylic acids is 1. The number of aromatic amines is 1. The number of benzene rings is 1. The van der Waals surface area contributed by atoms with Crippen molar-refractivity contribution in [1.29, 1.82) is 0 Å². The molecule has 2 aromatic rings. The fraction of sp³-hybridized carbons (Fsp3) is 0.154. The molecule has 0 saturated carbocycles. The van der Waals surface area contributed by atoms with Gasteiger partial charge in [-0.1, -0.05) is 12.0 Å². The summed E-state index contributed by atoms with van der Waals surface area (Å²) in [6, 6.07) is 5.14. The fourth-order valence-electron chi connectivity index (χ4n) is 1.64. The van der Waals surface area contributed by atoms with E-state index >= 15 is 0 Å². The molecule has 5 nitrogen and oxygen atoms in total. The number of carbonyl (C=O) groups is 1. The van der Waals surface area contributed by atoms with Gasteiger partial charge in [0.15, 0.2) is 0 Å². The molecule has 0 saturated heterocycles. The van der Waals surface area contributed by atoms with E-state index in [1.165, 1.54) is 4.90 Å². The van der Waals surface area contributed by atoms with E-state index in [4.69, 9.17) is 6.42 Å². The molecule has 1 aromatic carbocycles. The standard InChI is InChI=1S/C13H12N4O/c1-3-7-17(8-4-2)13(18)10-5-6-11-12(9-10)15-16-14-11/h1,4-6,9H,2,7-8H2,(H,14,15,16). The first-order chi connectivity index (χ1) is 8.76. The number of rotatable bonds is 4. The first-order valence-electron chi connectivity index (χ1n) is 5.40. The van der Waals surface area contributed by atoms with Crippen LogP contribution < -0.4 is 0 Å². The van der Waals surface area contributed by atoms with Crippen LogP contribution in [0, 0.1) is 12.3 Å². The number of nitrogens with one attached hydrogen (secondary N) is 1. The van der Waals surface area contributed by atoms with Crippen molar-refractivity contribution >= 4 is 16.9 Å². The Morgan fingerprint density at radius 1 is 1.50 bits per heavy atom. The topological polar surface area (TPSA) is 61.9 Å². The molecule has 5 heteroatoms. The zero-order valence-electron chi connectivity index (χ0n) is 9.76. The lowest BCUT2D eigenvalue weighted by Crippen LogP contribution is -2.31. The van der Waals surface area contributed by atoms with Gasteiger partial charge in [0.1, 0.15) is 11.0 Å². The molecular weight excluding hydrogens is 228 g/mol. The number of fused-ring (bicyclic) bond motifs is 1. The monoisotopic (exact) mass is 240 g/mol. The van der Waals surface area contributed by atoms with Crippen LogP contribution in [-0.2, 0) is 0 Å². The third-order valence-electron chi connectivity index (χ3n) is 2.48. The summed E-state index contributed by atoms with van der Waals surface area (Å²) in [5, 5.41) is 10.4. The van der Waals surface area contributed by atoms with Gasteiger partial charge in [-0.2, -0.15) is 15.4 Å².